The highest BCUT2D eigenvalue weighted by Crippen LogP contribution is 2.41. The number of para-hydroxylation sites is 1. The number of nitrogens with zero attached hydrogens (tertiary/aromatic N) is 2. The zero-order valence-electron chi connectivity index (χ0n) is 14.9. The summed E-state index contributed by atoms with van der Waals surface area (Å²) in [6.45, 7) is 0.415. The van der Waals surface area contributed by atoms with Crippen LogP contribution in [-0.4, -0.2) is 33.0 Å². The molecule has 3 atom stereocenters. The van der Waals surface area contributed by atoms with Crippen molar-refractivity contribution in [2.45, 2.75) is 50.7 Å². The summed E-state index contributed by atoms with van der Waals surface area (Å²) in [5.74, 6) is 0.726. The van der Waals surface area contributed by atoms with Gasteiger partial charge in [0.2, 0.25) is 0 Å². The molecule has 1 saturated heterocycles. The largest absolute Gasteiger partial charge is 0.480 e. The lowest BCUT2D eigenvalue weighted by Crippen LogP contribution is -2.41. The number of hydrogen-bond acceptors (Lipinski definition) is 5. The molecule has 2 aliphatic rings. The standard InChI is InChI=1S/C20H22N2O5/c23-20(24)18-11-13-5-1-3-7-16(13)21(18)12-14-9-10-19(27-14)15-6-2-4-8-17(15)22(25)26/h2,4,6,8-10,13,16,18H,1,3,5,7,11-12H2,(H,23,24). The molecule has 1 aromatic heterocycles. The Balaban J connectivity index is 1.59. The summed E-state index contributed by atoms with van der Waals surface area (Å²) in [5, 5.41) is 20.9. The average Bonchev–Trinajstić information content (AvgIpc) is 3.27. The molecule has 142 valence electrons. The number of rotatable bonds is 5. The molecule has 1 aliphatic heterocycles. The fraction of sp³-hybridized carbons (Fsp3) is 0.450. The van der Waals surface area contributed by atoms with Crippen LogP contribution in [-0.2, 0) is 11.3 Å². The van der Waals surface area contributed by atoms with Crippen molar-refractivity contribution in [1.29, 1.82) is 0 Å². The van der Waals surface area contributed by atoms with E-state index in [0.717, 1.165) is 19.3 Å². The van der Waals surface area contributed by atoms with Crippen molar-refractivity contribution >= 4 is 11.7 Å². The second kappa shape index (κ2) is 7.15. The van der Waals surface area contributed by atoms with E-state index < -0.39 is 16.9 Å². The molecule has 1 aliphatic carbocycles. The quantitative estimate of drug-likeness (QED) is 0.629. The van der Waals surface area contributed by atoms with E-state index >= 15 is 0 Å². The number of nitro groups is 1. The first-order chi connectivity index (χ1) is 13.0. The third-order valence-electron chi connectivity index (χ3n) is 5.87. The molecule has 7 nitrogen and oxygen atoms in total. The Hall–Kier alpha value is -2.67. The number of furan rings is 1. The van der Waals surface area contributed by atoms with Gasteiger partial charge in [-0.3, -0.25) is 19.8 Å². The third-order valence-corrected chi connectivity index (χ3v) is 5.87. The molecule has 3 unspecified atom stereocenters. The molecular weight excluding hydrogens is 348 g/mol. The van der Waals surface area contributed by atoms with Crippen LogP contribution in [0.25, 0.3) is 11.3 Å². The zero-order valence-corrected chi connectivity index (χ0v) is 14.9. The maximum atomic E-state index is 11.7. The van der Waals surface area contributed by atoms with Gasteiger partial charge in [-0.15, -0.1) is 0 Å². The first-order valence-corrected chi connectivity index (χ1v) is 9.35. The van der Waals surface area contributed by atoms with Crippen LogP contribution in [0.3, 0.4) is 0 Å². The molecule has 2 aromatic rings. The molecule has 0 amide bonds. The van der Waals surface area contributed by atoms with Gasteiger partial charge in [-0.05, 0) is 43.4 Å². The average molecular weight is 370 g/mol. The number of hydrogen-bond donors (Lipinski definition) is 1. The maximum absolute atomic E-state index is 11.7. The lowest BCUT2D eigenvalue weighted by atomic mass is 9.85. The highest BCUT2D eigenvalue weighted by molar-refractivity contribution is 5.74. The van der Waals surface area contributed by atoms with Gasteiger partial charge in [0, 0.05) is 12.1 Å². The topological polar surface area (TPSA) is 96.8 Å². The second-order valence-electron chi connectivity index (χ2n) is 7.41. The predicted molar refractivity (Wildman–Crippen MR) is 98.1 cm³/mol. The number of likely N-dealkylation sites (tertiary alicyclic amines) is 1. The Morgan fingerprint density at radius 1 is 1.22 bits per heavy atom. The van der Waals surface area contributed by atoms with Crippen molar-refractivity contribution in [2.75, 3.05) is 0 Å². The molecule has 0 spiro atoms. The molecule has 1 saturated carbocycles. The normalized spacial score (nSPS) is 25.3. The molecule has 1 aromatic carbocycles. The Morgan fingerprint density at radius 3 is 2.78 bits per heavy atom. The van der Waals surface area contributed by atoms with Crippen molar-refractivity contribution in [1.82, 2.24) is 4.90 Å². The van der Waals surface area contributed by atoms with Gasteiger partial charge in [0.05, 0.1) is 17.0 Å². The van der Waals surface area contributed by atoms with E-state index in [2.05, 4.69) is 0 Å². The number of benzene rings is 1. The van der Waals surface area contributed by atoms with E-state index in [1.807, 2.05) is 4.90 Å². The van der Waals surface area contributed by atoms with Crippen LogP contribution >= 0.6 is 0 Å². The Kier molecular flexibility index (Phi) is 4.70. The molecule has 4 rings (SSSR count). The van der Waals surface area contributed by atoms with Crippen molar-refractivity contribution < 1.29 is 19.2 Å². The molecule has 0 radical (unpaired) electrons. The van der Waals surface area contributed by atoms with E-state index in [1.165, 1.54) is 12.5 Å². The van der Waals surface area contributed by atoms with Gasteiger partial charge in [0.15, 0.2) is 0 Å². The molecule has 1 N–H and O–H groups in total. The molecule has 2 heterocycles. The first-order valence-electron chi connectivity index (χ1n) is 9.35. The van der Waals surface area contributed by atoms with Crippen LogP contribution in [0, 0.1) is 16.0 Å². The minimum Gasteiger partial charge on any atom is -0.480 e. The summed E-state index contributed by atoms with van der Waals surface area (Å²) in [4.78, 5) is 24.6. The number of fused-ring (bicyclic) bond motifs is 1. The number of carboxylic acids is 1. The fourth-order valence-corrected chi connectivity index (χ4v) is 4.65. The van der Waals surface area contributed by atoms with Gasteiger partial charge in [-0.25, -0.2) is 0 Å². The Bertz CT molecular complexity index is 862. The maximum Gasteiger partial charge on any atom is 0.320 e. The van der Waals surface area contributed by atoms with Gasteiger partial charge in [-0.2, -0.15) is 0 Å². The van der Waals surface area contributed by atoms with E-state index in [-0.39, 0.29) is 11.7 Å². The van der Waals surface area contributed by atoms with Gasteiger partial charge in [0.25, 0.3) is 5.69 Å². The summed E-state index contributed by atoms with van der Waals surface area (Å²) < 4.78 is 5.89. The van der Waals surface area contributed by atoms with Gasteiger partial charge in [-0.1, -0.05) is 25.0 Å². The minimum absolute atomic E-state index is 0.00432. The summed E-state index contributed by atoms with van der Waals surface area (Å²) >= 11 is 0. The number of aliphatic carboxylic acids is 1. The Labute approximate surface area is 156 Å². The summed E-state index contributed by atoms with van der Waals surface area (Å²) in [7, 11) is 0. The second-order valence-corrected chi connectivity index (χ2v) is 7.41. The highest BCUT2D eigenvalue weighted by Gasteiger charge is 2.45. The third kappa shape index (κ3) is 3.35. The molecule has 2 fully saturated rings. The lowest BCUT2D eigenvalue weighted by Gasteiger charge is -2.32. The van der Waals surface area contributed by atoms with E-state index in [0.29, 0.717) is 36.0 Å². The zero-order chi connectivity index (χ0) is 19.0. The monoisotopic (exact) mass is 370 g/mol. The van der Waals surface area contributed by atoms with Gasteiger partial charge < -0.3 is 9.52 Å². The van der Waals surface area contributed by atoms with Crippen LogP contribution in [0.5, 0.6) is 0 Å². The molecular formula is C20H22N2O5. The summed E-state index contributed by atoms with van der Waals surface area (Å²) in [5.41, 5.74) is 0.427. The Morgan fingerprint density at radius 2 is 2.00 bits per heavy atom. The van der Waals surface area contributed by atoms with Gasteiger partial charge in [0.1, 0.15) is 17.6 Å². The van der Waals surface area contributed by atoms with Crippen molar-refractivity contribution in [3.63, 3.8) is 0 Å². The van der Waals surface area contributed by atoms with Crippen LogP contribution in [0.1, 0.15) is 37.9 Å². The van der Waals surface area contributed by atoms with Gasteiger partial charge >= 0.3 is 5.97 Å². The van der Waals surface area contributed by atoms with Crippen molar-refractivity contribution in [3.05, 3.63) is 52.3 Å². The van der Waals surface area contributed by atoms with Crippen LogP contribution in [0.2, 0.25) is 0 Å². The van der Waals surface area contributed by atoms with Crippen LogP contribution in [0.4, 0.5) is 5.69 Å². The van der Waals surface area contributed by atoms with E-state index in [1.54, 1.807) is 30.3 Å². The summed E-state index contributed by atoms with van der Waals surface area (Å²) in [6, 6.07) is 9.77. The predicted octanol–water partition coefficient (Wildman–Crippen LogP) is 4.07. The van der Waals surface area contributed by atoms with Crippen molar-refractivity contribution in [2.24, 2.45) is 5.92 Å². The van der Waals surface area contributed by atoms with Crippen LogP contribution in [0.15, 0.2) is 40.8 Å². The number of carboxylic acid groups (broad SMARTS) is 1. The molecule has 7 heteroatoms. The molecule has 0 bridgehead atoms. The summed E-state index contributed by atoms with van der Waals surface area (Å²) in [6.07, 6.45) is 5.10. The smallest absolute Gasteiger partial charge is 0.320 e. The van der Waals surface area contributed by atoms with Crippen molar-refractivity contribution in [3.8, 4) is 11.3 Å². The van der Waals surface area contributed by atoms with E-state index in [4.69, 9.17) is 4.42 Å². The minimum atomic E-state index is -0.783. The van der Waals surface area contributed by atoms with E-state index in [9.17, 15) is 20.0 Å². The highest BCUT2D eigenvalue weighted by atomic mass is 16.6. The number of nitro benzene ring substituents is 1. The first kappa shape index (κ1) is 17.7. The lowest BCUT2D eigenvalue weighted by molar-refractivity contribution is -0.384. The molecule has 27 heavy (non-hydrogen) atoms. The van der Waals surface area contributed by atoms with Crippen LogP contribution < -0.4 is 0 Å². The number of carbonyl (C=O) groups is 1. The fourth-order valence-electron chi connectivity index (χ4n) is 4.65. The SMILES string of the molecule is O=C(O)C1CC2CCCCC2N1Cc1ccc(-c2ccccc2[N+](=O)[O-])o1.